The van der Waals surface area contributed by atoms with Gasteiger partial charge in [0.25, 0.3) is 0 Å². The van der Waals surface area contributed by atoms with E-state index in [4.69, 9.17) is 4.99 Å². The number of nitrogens with zero attached hydrogens (tertiary/aromatic N) is 2. The number of aliphatic imine (C=N–C) groups is 1. The van der Waals surface area contributed by atoms with Gasteiger partial charge in [0.05, 0.1) is 6.54 Å². The molecular formula is C18H36N4S. The number of thioether (sulfide) groups is 1. The number of hydrogen-bond acceptors (Lipinski definition) is 3. The smallest absolute Gasteiger partial charge is 0.191 e. The Morgan fingerprint density at radius 2 is 2.09 bits per heavy atom. The Hall–Kier alpha value is -0.420. The van der Waals surface area contributed by atoms with Crippen LogP contribution in [0.25, 0.3) is 0 Å². The zero-order valence-corrected chi connectivity index (χ0v) is 16.0. The first kappa shape index (κ1) is 18.9. The third kappa shape index (κ3) is 7.34. The van der Waals surface area contributed by atoms with Crippen molar-refractivity contribution in [1.29, 1.82) is 0 Å². The third-order valence-electron chi connectivity index (χ3n) is 4.93. The van der Waals surface area contributed by atoms with Crippen LogP contribution in [0.3, 0.4) is 0 Å². The fourth-order valence-corrected chi connectivity index (χ4v) is 4.64. The normalized spacial score (nSPS) is 26.4. The van der Waals surface area contributed by atoms with E-state index in [9.17, 15) is 0 Å². The molecule has 2 heterocycles. The molecule has 2 saturated heterocycles. The number of piperidine rings is 1. The van der Waals surface area contributed by atoms with Crippen molar-refractivity contribution in [3.8, 4) is 0 Å². The molecule has 2 fully saturated rings. The number of unbranched alkanes of at least 4 members (excludes halogenated alkanes) is 1. The Kier molecular flexibility index (Phi) is 9.20. The molecule has 2 aliphatic heterocycles. The highest BCUT2D eigenvalue weighted by Gasteiger charge is 2.17. The molecule has 0 bridgehead atoms. The Balaban J connectivity index is 1.58. The van der Waals surface area contributed by atoms with E-state index in [2.05, 4.69) is 41.1 Å². The van der Waals surface area contributed by atoms with E-state index in [1.807, 2.05) is 0 Å². The van der Waals surface area contributed by atoms with Crippen molar-refractivity contribution in [3.63, 3.8) is 0 Å². The lowest BCUT2D eigenvalue weighted by Gasteiger charge is -2.33. The Labute approximate surface area is 147 Å². The van der Waals surface area contributed by atoms with Crippen LogP contribution in [0, 0.1) is 0 Å². The van der Waals surface area contributed by atoms with E-state index in [1.165, 1.54) is 63.8 Å². The molecule has 2 atom stereocenters. The van der Waals surface area contributed by atoms with Crippen LogP contribution in [0.5, 0.6) is 0 Å². The maximum Gasteiger partial charge on any atom is 0.191 e. The van der Waals surface area contributed by atoms with Gasteiger partial charge in [0, 0.05) is 24.4 Å². The molecule has 0 saturated carbocycles. The topological polar surface area (TPSA) is 39.7 Å². The van der Waals surface area contributed by atoms with Gasteiger partial charge >= 0.3 is 0 Å². The van der Waals surface area contributed by atoms with Gasteiger partial charge in [0.2, 0.25) is 0 Å². The summed E-state index contributed by atoms with van der Waals surface area (Å²) in [6.45, 7) is 10.0. The largest absolute Gasteiger partial charge is 0.357 e. The highest BCUT2D eigenvalue weighted by Crippen LogP contribution is 2.26. The molecule has 0 radical (unpaired) electrons. The molecule has 0 amide bonds. The molecule has 2 unspecified atom stereocenters. The van der Waals surface area contributed by atoms with Gasteiger partial charge in [0.15, 0.2) is 5.96 Å². The predicted molar refractivity (Wildman–Crippen MR) is 104 cm³/mol. The van der Waals surface area contributed by atoms with E-state index in [1.54, 1.807) is 0 Å². The number of guanidine groups is 1. The van der Waals surface area contributed by atoms with Crippen molar-refractivity contribution in [3.05, 3.63) is 0 Å². The molecule has 5 heteroatoms. The van der Waals surface area contributed by atoms with Gasteiger partial charge in [-0.05, 0) is 71.2 Å². The van der Waals surface area contributed by atoms with Crippen LogP contribution in [0.2, 0.25) is 0 Å². The first-order chi connectivity index (χ1) is 11.3. The van der Waals surface area contributed by atoms with Crippen molar-refractivity contribution >= 4 is 17.7 Å². The lowest BCUT2D eigenvalue weighted by Crippen LogP contribution is -2.39. The minimum Gasteiger partial charge on any atom is -0.357 e. The standard InChI is InChI=1S/C18H36N4S/c1-3-19-18(21-15-17-10-8-14-23-17)20-11-5-7-13-22-12-6-4-9-16(22)2/h16-17H,3-15H2,1-2H3,(H2,19,20,21). The molecule has 4 nitrogen and oxygen atoms in total. The summed E-state index contributed by atoms with van der Waals surface area (Å²) in [5.74, 6) is 2.32. The second kappa shape index (κ2) is 11.2. The quantitative estimate of drug-likeness (QED) is 0.405. The van der Waals surface area contributed by atoms with Crippen molar-refractivity contribution in [2.45, 2.75) is 70.1 Å². The maximum atomic E-state index is 4.76. The molecule has 2 N–H and O–H groups in total. The second-order valence-electron chi connectivity index (χ2n) is 6.87. The summed E-state index contributed by atoms with van der Waals surface area (Å²) in [5, 5.41) is 7.62. The minimum absolute atomic E-state index is 0.742. The van der Waals surface area contributed by atoms with Crippen LogP contribution >= 0.6 is 11.8 Å². The lowest BCUT2D eigenvalue weighted by molar-refractivity contribution is 0.158. The average molecular weight is 341 g/mol. The van der Waals surface area contributed by atoms with Crippen molar-refractivity contribution in [2.75, 3.05) is 38.5 Å². The maximum absolute atomic E-state index is 4.76. The highest BCUT2D eigenvalue weighted by atomic mass is 32.2. The summed E-state index contributed by atoms with van der Waals surface area (Å²) in [6.07, 6.45) is 9.40. The van der Waals surface area contributed by atoms with E-state index in [0.29, 0.717) is 0 Å². The van der Waals surface area contributed by atoms with Crippen LogP contribution in [0.1, 0.15) is 58.8 Å². The van der Waals surface area contributed by atoms with Gasteiger partial charge in [-0.1, -0.05) is 6.42 Å². The van der Waals surface area contributed by atoms with Crippen LogP contribution in [-0.4, -0.2) is 60.6 Å². The summed E-state index contributed by atoms with van der Waals surface area (Å²) in [4.78, 5) is 7.42. The molecule has 0 aromatic heterocycles. The van der Waals surface area contributed by atoms with Gasteiger partial charge in [-0.15, -0.1) is 0 Å². The molecular weight excluding hydrogens is 304 g/mol. The van der Waals surface area contributed by atoms with Crippen molar-refractivity contribution in [1.82, 2.24) is 15.5 Å². The molecule has 0 aromatic carbocycles. The van der Waals surface area contributed by atoms with E-state index >= 15 is 0 Å². The Morgan fingerprint density at radius 1 is 1.17 bits per heavy atom. The van der Waals surface area contributed by atoms with Crippen molar-refractivity contribution < 1.29 is 0 Å². The molecule has 2 rings (SSSR count). The molecule has 0 aliphatic carbocycles. The average Bonchev–Trinajstić information content (AvgIpc) is 3.07. The molecule has 0 aromatic rings. The van der Waals surface area contributed by atoms with Crippen LogP contribution < -0.4 is 10.6 Å². The monoisotopic (exact) mass is 340 g/mol. The zero-order valence-electron chi connectivity index (χ0n) is 15.1. The summed E-state index contributed by atoms with van der Waals surface area (Å²) in [7, 11) is 0. The molecule has 0 spiro atoms. The summed E-state index contributed by atoms with van der Waals surface area (Å²) >= 11 is 2.08. The van der Waals surface area contributed by atoms with Gasteiger partial charge < -0.3 is 15.5 Å². The summed E-state index contributed by atoms with van der Waals surface area (Å²) < 4.78 is 0. The van der Waals surface area contributed by atoms with Gasteiger partial charge in [-0.25, -0.2) is 0 Å². The summed E-state index contributed by atoms with van der Waals surface area (Å²) in [6, 6.07) is 0.791. The zero-order chi connectivity index (χ0) is 16.3. The molecule has 2 aliphatic rings. The third-order valence-corrected chi connectivity index (χ3v) is 6.31. The van der Waals surface area contributed by atoms with E-state index < -0.39 is 0 Å². The SMILES string of the molecule is CCNC(=NCC1CCCS1)NCCCCN1CCCCC1C. The fraction of sp³-hybridized carbons (Fsp3) is 0.944. The predicted octanol–water partition coefficient (Wildman–Crippen LogP) is 3.09. The van der Waals surface area contributed by atoms with Gasteiger partial charge in [0.1, 0.15) is 0 Å². The van der Waals surface area contributed by atoms with Crippen LogP contribution in [0.4, 0.5) is 0 Å². The first-order valence-electron chi connectivity index (χ1n) is 9.67. The Bertz CT molecular complexity index is 342. The van der Waals surface area contributed by atoms with E-state index in [0.717, 1.165) is 36.9 Å². The summed E-state index contributed by atoms with van der Waals surface area (Å²) in [5.41, 5.74) is 0. The molecule has 134 valence electrons. The number of likely N-dealkylation sites (tertiary alicyclic amines) is 1. The van der Waals surface area contributed by atoms with Gasteiger partial charge in [-0.2, -0.15) is 11.8 Å². The lowest BCUT2D eigenvalue weighted by atomic mass is 10.0. The first-order valence-corrected chi connectivity index (χ1v) is 10.7. The second-order valence-corrected chi connectivity index (χ2v) is 8.28. The van der Waals surface area contributed by atoms with Gasteiger partial charge in [-0.3, -0.25) is 4.99 Å². The minimum atomic E-state index is 0.742. The van der Waals surface area contributed by atoms with Crippen LogP contribution in [0.15, 0.2) is 4.99 Å². The van der Waals surface area contributed by atoms with E-state index in [-0.39, 0.29) is 0 Å². The number of nitrogens with one attached hydrogen (secondary N) is 2. The Morgan fingerprint density at radius 3 is 2.83 bits per heavy atom. The molecule has 23 heavy (non-hydrogen) atoms. The van der Waals surface area contributed by atoms with Crippen molar-refractivity contribution in [2.24, 2.45) is 4.99 Å². The highest BCUT2D eigenvalue weighted by molar-refractivity contribution is 8.00. The fourth-order valence-electron chi connectivity index (χ4n) is 3.46. The number of hydrogen-bond donors (Lipinski definition) is 2. The number of rotatable bonds is 8. The van der Waals surface area contributed by atoms with Crippen LogP contribution in [-0.2, 0) is 0 Å².